The molecule has 0 saturated carbocycles. The minimum atomic E-state index is 0.0497. The largest absolute Gasteiger partial charge is 0.388 e. The second-order valence-electron chi connectivity index (χ2n) is 9.26. The number of hydrogen-bond donors (Lipinski definition) is 3. The maximum Gasteiger partial charge on any atom is 0.154 e. The molecular formula is C27H36N8O2. The van der Waals surface area contributed by atoms with E-state index < -0.39 is 0 Å². The first-order valence-corrected chi connectivity index (χ1v) is 12.8. The number of anilines is 2. The highest BCUT2D eigenvalue weighted by Crippen LogP contribution is 2.21. The summed E-state index contributed by atoms with van der Waals surface area (Å²) in [7, 11) is 0. The summed E-state index contributed by atoms with van der Waals surface area (Å²) in [5, 5.41) is 22.8. The number of nitrogens with one attached hydrogen (secondary N) is 3. The molecule has 3 N–H and O–H groups in total. The summed E-state index contributed by atoms with van der Waals surface area (Å²) in [6.45, 7) is 11.8. The first-order valence-electron chi connectivity index (χ1n) is 12.8. The van der Waals surface area contributed by atoms with Crippen LogP contribution >= 0.6 is 0 Å². The van der Waals surface area contributed by atoms with E-state index >= 15 is 0 Å². The van der Waals surface area contributed by atoms with Gasteiger partial charge in [0, 0.05) is 62.5 Å². The summed E-state index contributed by atoms with van der Waals surface area (Å²) >= 11 is 0. The normalized spacial score (nSPS) is 15.6. The van der Waals surface area contributed by atoms with Crippen molar-refractivity contribution in [2.45, 2.75) is 32.8 Å². The zero-order valence-electron chi connectivity index (χ0n) is 21.8. The smallest absolute Gasteiger partial charge is 0.154 e. The molecule has 4 heterocycles. The average Bonchev–Trinajstić information content (AvgIpc) is 2.91. The maximum atomic E-state index is 7.96. The Kier molecular flexibility index (Phi) is 9.47. The van der Waals surface area contributed by atoms with Crippen LogP contribution in [0.2, 0.25) is 0 Å². The van der Waals surface area contributed by atoms with E-state index in [2.05, 4.69) is 44.6 Å². The second kappa shape index (κ2) is 13.2. The van der Waals surface area contributed by atoms with Crippen LogP contribution in [0.4, 0.5) is 11.6 Å². The average molecular weight is 505 g/mol. The van der Waals surface area contributed by atoms with E-state index in [0.29, 0.717) is 36.3 Å². The van der Waals surface area contributed by atoms with Crippen molar-refractivity contribution < 1.29 is 9.47 Å². The number of pyridine rings is 2. The molecule has 196 valence electrons. The molecule has 1 unspecified atom stereocenters. The van der Waals surface area contributed by atoms with Crippen LogP contribution in [0.15, 0.2) is 42.9 Å². The van der Waals surface area contributed by atoms with Gasteiger partial charge < -0.3 is 25.5 Å². The molecule has 37 heavy (non-hydrogen) atoms. The second-order valence-corrected chi connectivity index (χ2v) is 9.26. The van der Waals surface area contributed by atoms with Crippen molar-refractivity contribution in [2.75, 3.05) is 51.3 Å². The quantitative estimate of drug-likeness (QED) is 0.318. The van der Waals surface area contributed by atoms with Crippen LogP contribution in [-0.4, -0.2) is 83.4 Å². The van der Waals surface area contributed by atoms with Crippen LogP contribution in [-0.2, 0) is 9.47 Å². The molecule has 1 aliphatic rings. The van der Waals surface area contributed by atoms with Crippen LogP contribution in [0.1, 0.15) is 37.8 Å². The van der Waals surface area contributed by atoms with Crippen molar-refractivity contribution in [1.82, 2.24) is 30.4 Å². The molecule has 0 bridgehead atoms. The molecule has 1 saturated heterocycles. The van der Waals surface area contributed by atoms with Gasteiger partial charge in [0.15, 0.2) is 5.82 Å². The van der Waals surface area contributed by atoms with E-state index in [4.69, 9.17) is 19.9 Å². The molecule has 10 heteroatoms. The molecular weight excluding hydrogens is 468 g/mol. The first-order chi connectivity index (χ1) is 18.1. The van der Waals surface area contributed by atoms with Crippen molar-refractivity contribution in [3.05, 3.63) is 54.0 Å². The van der Waals surface area contributed by atoms with Gasteiger partial charge in [0.05, 0.1) is 36.5 Å². The van der Waals surface area contributed by atoms with Crippen LogP contribution in [0, 0.1) is 5.41 Å². The number of morpholine rings is 1. The predicted molar refractivity (Wildman–Crippen MR) is 146 cm³/mol. The van der Waals surface area contributed by atoms with Crippen molar-refractivity contribution >= 4 is 34.5 Å². The third-order valence-corrected chi connectivity index (χ3v) is 6.20. The van der Waals surface area contributed by atoms with Crippen LogP contribution in [0.3, 0.4) is 0 Å². The molecule has 1 atom stereocenters. The van der Waals surface area contributed by atoms with Crippen LogP contribution in [0.25, 0.3) is 16.6 Å². The molecule has 0 spiro atoms. The van der Waals surface area contributed by atoms with Crippen molar-refractivity contribution in [3.63, 3.8) is 0 Å². The number of ether oxygens (including phenoxy) is 2. The third kappa shape index (κ3) is 7.51. The Hall–Kier alpha value is -3.47. The monoisotopic (exact) mass is 504 g/mol. The van der Waals surface area contributed by atoms with Gasteiger partial charge in [0.2, 0.25) is 0 Å². The molecule has 1 fully saturated rings. The fourth-order valence-electron chi connectivity index (χ4n) is 4.12. The van der Waals surface area contributed by atoms with Gasteiger partial charge in [-0.2, -0.15) is 5.10 Å². The van der Waals surface area contributed by atoms with Gasteiger partial charge in [-0.25, -0.2) is 4.98 Å². The summed E-state index contributed by atoms with van der Waals surface area (Å²) in [6, 6.07) is 7.71. The lowest BCUT2D eigenvalue weighted by atomic mass is 10.1. The summed E-state index contributed by atoms with van der Waals surface area (Å²) in [6.07, 6.45) is 6.76. The van der Waals surface area contributed by atoms with E-state index in [1.54, 1.807) is 12.4 Å². The SMILES string of the molecule is CCOC(CN/C=C(\C=N)c1cnc2ccc(Nc3cc(C(C)C)cnn3)nc2c1)CN1CCOCC1. The van der Waals surface area contributed by atoms with Crippen molar-refractivity contribution in [1.29, 1.82) is 5.41 Å². The molecule has 0 aliphatic carbocycles. The Bertz CT molecular complexity index is 1210. The molecule has 10 nitrogen and oxygen atoms in total. The van der Waals surface area contributed by atoms with Crippen molar-refractivity contribution in [2.24, 2.45) is 0 Å². The fraction of sp³-hybridized carbons (Fsp3) is 0.444. The van der Waals surface area contributed by atoms with Crippen LogP contribution in [0.5, 0.6) is 0 Å². The number of hydrogen-bond acceptors (Lipinski definition) is 10. The maximum absolute atomic E-state index is 7.96. The van der Waals surface area contributed by atoms with E-state index in [1.807, 2.05) is 37.4 Å². The third-order valence-electron chi connectivity index (χ3n) is 6.20. The van der Waals surface area contributed by atoms with Gasteiger partial charge in [-0.15, -0.1) is 5.10 Å². The highest BCUT2D eigenvalue weighted by molar-refractivity contribution is 6.08. The minimum Gasteiger partial charge on any atom is -0.388 e. The highest BCUT2D eigenvalue weighted by atomic mass is 16.5. The predicted octanol–water partition coefficient (Wildman–Crippen LogP) is 3.60. The Balaban J connectivity index is 1.45. The molecule has 1 aliphatic heterocycles. The Morgan fingerprint density at radius 2 is 2.00 bits per heavy atom. The van der Waals surface area contributed by atoms with Gasteiger partial charge in [0.1, 0.15) is 5.82 Å². The lowest BCUT2D eigenvalue weighted by Crippen LogP contribution is -2.44. The summed E-state index contributed by atoms with van der Waals surface area (Å²) in [4.78, 5) is 11.6. The molecule has 0 amide bonds. The van der Waals surface area contributed by atoms with E-state index in [9.17, 15) is 0 Å². The number of fused-ring (bicyclic) bond motifs is 1. The van der Waals surface area contributed by atoms with Gasteiger partial charge in [-0.05, 0) is 42.7 Å². The summed E-state index contributed by atoms with van der Waals surface area (Å²) in [5.41, 5.74) is 4.12. The number of rotatable bonds is 12. The van der Waals surface area contributed by atoms with E-state index in [-0.39, 0.29) is 6.10 Å². The summed E-state index contributed by atoms with van der Waals surface area (Å²) in [5.74, 6) is 1.66. The van der Waals surface area contributed by atoms with Gasteiger partial charge in [-0.1, -0.05) is 13.8 Å². The highest BCUT2D eigenvalue weighted by Gasteiger charge is 2.16. The van der Waals surface area contributed by atoms with E-state index in [0.717, 1.165) is 55.0 Å². The Labute approximate surface area is 218 Å². The standard InChI is InChI=1S/C27H36N8O2/c1-4-37-23(18-35-7-9-36-10-8-35)17-29-14-22(13-28)21-11-25-24(30-15-21)5-6-26(32-25)33-27-12-20(19(2)3)16-31-34-27/h5-6,11-16,19,23,28-29H,4,7-10,17-18H2,1-3H3,(H,32,33,34)/b22-14+,28-13?. The molecule has 0 aromatic carbocycles. The minimum absolute atomic E-state index is 0.0497. The van der Waals surface area contributed by atoms with Crippen molar-refractivity contribution in [3.8, 4) is 0 Å². The summed E-state index contributed by atoms with van der Waals surface area (Å²) < 4.78 is 11.4. The number of aromatic nitrogens is 4. The Morgan fingerprint density at radius 1 is 1.16 bits per heavy atom. The van der Waals surface area contributed by atoms with Gasteiger partial charge >= 0.3 is 0 Å². The Morgan fingerprint density at radius 3 is 2.76 bits per heavy atom. The van der Waals surface area contributed by atoms with E-state index in [1.165, 1.54) is 6.21 Å². The van der Waals surface area contributed by atoms with Gasteiger partial charge in [0.25, 0.3) is 0 Å². The lowest BCUT2D eigenvalue weighted by molar-refractivity contribution is -0.00717. The first kappa shape index (κ1) is 26.6. The fourth-order valence-corrected chi connectivity index (χ4v) is 4.12. The molecule has 4 rings (SSSR count). The molecule has 0 radical (unpaired) electrons. The zero-order valence-corrected chi connectivity index (χ0v) is 21.8. The zero-order chi connectivity index (χ0) is 26.0. The number of nitrogens with zero attached hydrogens (tertiary/aromatic N) is 5. The molecule has 3 aromatic rings. The number of allylic oxidation sites excluding steroid dienone is 1. The lowest BCUT2D eigenvalue weighted by Gasteiger charge is -2.30. The topological polar surface area (TPSA) is 121 Å². The molecule has 3 aromatic heterocycles. The van der Waals surface area contributed by atoms with Gasteiger partial charge in [-0.3, -0.25) is 9.88 Å². The van der Waals surface area contributed by atoms with Crippen LogP contribution < -0.4 is 10.6 Å².